The fraction of sp³-hybridized carbons (Fsp3) is 0.400. The third-order valence-corrected chi connectivity index (χ3v) is 3.72. The van der Waals surface area contributed by atoms with E-state index in [1.54, 1.807) is 0 Å². The highest BCUT2D eigenvalue weighted by atomic mass is 15.4. The van der Waals surface area contributed by atoms with Crippen LogP contribution in [-0.2, 0) is 0 Å². The van der Waals surface area contributed by atoms with E-state index in [1.165, 1.54) is 23.1 Å². The van der Waals surface area contributed by atoms with Crippen LogP contribution in [0.4, 0.5) is 5.82 Å². The van der Waals surface area contributed by atoms with Crippen LogP contribution < -0.4 is 11.6 Å². The van der Waals surface area contributed by atoms with Crippen molar-refractivity contribution in [3.63, 3.8) is 0 Å². The van der Waals surface area contributed by atoms with Crippen LogP contribution in [0.3, 0.4) is 0 Å². The van der Waals surface area contributed by atoms with Gasteiger partial charge < -0.3 is 11.6 Å². The number of hydrogen-bond donors (Lipinski definition) is 2. The summed E-state index contributed by atoms with van der Waals surface area (Å²) in [5.41, 5.74) is 9.30. The highest BCUT2D eigenvalue weighted by molar-refractivity contribution is 5.71. The van der Waals surface area contributed by atoms with Gasteiger partial charge in [-0.2, -0.15) is 0 Å². The van der Waals surface area contributed by atoms with E-state index in [2.05, 4.69) is 43.1 Å². The second kappa shape index (κ2) is 4.30. The highest BCUT2D eigenvalue weighted by Gasteiger charge is 2.23. The number of nitrogens with zero attached hydrogens (tertiary/aromatic N) is 2. The molecule has 0 spiro atoms. The standard InChI is InChI=1S/C15H20N4/c1-9(2)15-18-13(14(16)19(15)17)12-7-5-11(6-8-12)10-3-4-10/h5-10H,3-4,16-17H2,1-2H3. The van der Waals surface area contributed by atoms with Gasteiger partial charge in [0, 0.05) is 11.5 Å². The Balaban J connectivity index is 1.99. The molecule has 1 aliphatic carbocycles. The van der Waals surface area contributed by atoms with Crippen molar-refractivity contribution in [2.24, 2.45) is 0 Å². The van der Waals surface area contributed by atoms with Crippen LogP contribution in [0.2, 0.25) is 0 Å². The number of imidazole rings is 1. The van der Waals surface area contributed by atoms with Crippen molar-refractivity contribution in [1.82, 2.24) is 9.66 Å². The number of benzene rings is 1. The van der Waals surface area contributed by atoms with E-state index in [0.29, 0.717) is 5.82 Å². The molecule has 0 saturated heterocycles. The van der Waals surface area contributed by atoms with Crippen LogP contribution in [0.5, 0.6) is 0 Å². The maximum atomic E-state index is 6.06. The fourth-order valence-corrected chi connectivity index (χ4v) is 2.41. The normalized spacial score (nSPS) is 15.1. The molecular weight excluding hydrogens is 236 g/mol. The summed E-state index contributed by atoms with van der Waals surface area (Å²) in [7, 11) is 0. The molecule has 0 atom stereocenters. The summed E-state index contributed by atoms with van der Waals surface area (Å²) in [5.74, 6) is 8.33. The van der Waals surface area contributed by atoms with Crippen molar-refractivity contribution >= 4 is 5.82 Å². The van der Waals surface area contributed by atoms with E-state index in [4.69, 9.17) is 11.6 Å². The largest absolute Gasteiger partial charge is 0.382 e. The molecule has 19 heavy (non-hydrogen) atoms. The summed E-state index contributed by atoms with van der Waals surface area (Å²) in [6.45, 7) is 4.12. The van der Waals surface area contributed by atoms with Crippen molar-refractivity contribution < 1.29 is 0 Å². The predicted octanol–water partition coefficient (Wildman–Crippen LogP) is 2.85. The lowest BCUT2D eigenvalue weighted by molar-refractivity contribution is 0.739. The number of nitrogen functional groups attached to an aromatic ring is 2. The zero-order valence-electron chi connectivity index (χ0n) is 11.4. The van der Waals surface area contributed by atoms with Crippen molar-refractivity contribution in [1.29, 1.82) is 0 Å². The molecule has 0 aliphatic heterocycles. The Bertz CT molecular complexity index is 591. The van der Waals surface area contributed by atoms with Crippen LogP contribution in [0.15, 0.2) is 24.3 Å². The molecule has 1 fully saturated rings. The molecular formula is C15H20N4. The smallest absolute Gasteiger partial charge is 0.150 e. The molecule has 0 amide bonds. The van der Waals surface area contributed by atoms with Crippen LogP contribution in [0.25, 0.3) is 11.3 Å². The van der Waals surface area contributed by atoms with Crippen molar-refractivity contribution in [3.05, 3.63) is 35.7 Å². The maximum Gasteiger partial charge on any atom is 0.150 e. The molecule has 1 aromatic heterocycles. The average molecular weight is 256 g/mol. The minimum absolute atomic E-state index is 0.256. The molecule has 1 heterocycles. The zero-order chi connectivity index (χ0) is 13.6. The Hall–Kier alpha value is -1.97. The zero-order valence-corrected chi connectivity index (χ0v) is 11.4. The number of hydrogen-bond acceptors (Lipinski definition) is 3. The van der Waals surface area contributed by atoms with Gasteiger partial charge in [-0.1, -0.05) is 38.1 Å². The Morgan fingerprint density at radius 1 is 1.21 bits per heavy atom. The van der Waals surface area contributed by atoms with Gasteiger partial charge in [0.25, 0.3) is 0 Å². The van der Waals surface area contributed by atoms with Gasteiger partial charge in [0.05, 0.1) is 0 Å². The van der Waals surface area contributed by atoms with Crippen molar-refractivity contribution in [3.8, 4) is 11.3 Å². The molecule has 1 aromatic carbocycles. The molecule has 0 bridgehead atoms. The van der Waals surface area contributed by atoms with Gasteiger partial charge in [-0.05, 0) is 24.3 Å². The van der Waals surface area contributed by atoms with Crippen LogP contribution in [0.1, 0.15) is 49.9 Å². The van der Waals surface area contributed by atoms with E-state index in [-0.39, 0.29) is 5.92 Å². The van der Waals surface area contributed by atoms with Crippen molar-refractivity contribution in [2.75, 3.05) is 11.6 Å². The van der Waals surface area contributed by atoms with Crippen molar-refractivity contribution in [2.45, 2.75) is 38.5 Å². The molecule has 0 unspecified atom stereocenters. The topological polar surface area (TPSA) is 69.9 Å². The first kappa shape index (κ1) is 12.1. The molecule has 100 valence electrons. The lowest BCUT2D eigenvalue weighted by Crippen LogP contribution is -2.16. The summed E-state index contributed by atoms with van der Waals surface area (Å²) in [6, 6.07) is 8.54. The van der Waals surface area contributed by atoms with Gasteiger partial charge in [-0.15, -0.1) is 0 Å². The van der Waals surface area contributed by atoms with Gasteiger partial charge in [-0.25, -0.2) is 9.66 Å². The Morgan fingerprint density at radius 2 is 1.84 bits per heavy atom. The maximum absolute atomic E-state index is 6.06. The number of aromatic nitrogens is 2. The van der Waals surface area contributed by atoms with Gasteiger partial charge in [0.1, 0.15) is 11.5 Å². The Kier molecular flexibility index (Phi) is 2.73. The molecule has 2 aromatic rings. The van der Waals surface area contributed by atoms with E-state index in [9.17, 15) is 0 Å². The number of nitrogens with two attached hydrogens (primary N) is 2. The Morgan fingerprint density at radius 3 is 2.32 bits per heavy atom. The van der Waals surface area contributed by atoms with E-state index in [0.717, 1.165) is 23.0 Å². The third-order valence-electron chi connectivity index (χ3n) is 3.72. The molecule has 4 nitrogen and oxygen atoms in total. The quantitative estimate of drug-likeness (QED) is 0.830. The molecule has 4 heteroatoms. The summed E-state index contributed by atoms with van der Waals surface area (Å²) in [5, 5.41) is 0. The number of rotatable bonds is 3. The summed E-state index contributed by atoms with van der Waals surface area (Å²) >= 11 is 0. The molecule has 1 aliphatic rings. The van der Waals surface area contributed by atoms with Gasteiger partial charge in [0.15, 0.2) is 5.82 Å². The monoisotopic (exact) mass is 256 g/mol. The summed E-state index contributed by atoms with van der Waals surface area (Å²) in [4.78, 5) is 4.58. The minimum atomic E-state index is 0.256. The molecule has 0 radical (unpaired) electrons. The van der Waals surface area contributed by atoms with E-state index in [1.807, 2.05) is 0 Å². The minimum Gasteiger partial charge on any atom is -0.382 e. The highest BCUT2D eigenvalue weighted by Crippen LogP contribution is 2.40. The Labute approximate surface area is 113 Å². The van der Waals surface area contributed by atoms with Crippen LogP contribution in [0, 0.1) is 0 Å². The summed E-state index contributed by atoms with van der Waals surface area (Å²) < 4.78 is 1.49. The van der Waals surface area contributed by atoms with Crippen LogP contribution in [-0.4, -0.2) is 9.66 Å². The van der Waals surface area contributed by atoms with Crippen LogP contribution >= 0.6 is 0 Å². The lowest BCUT2D eigenvalue weighted by Gasteiger charge is -2.04. The predicted molar refractivity (Wildman–Crippen MR) is 78.3 cm³/mol. The second-order valence-corrected chi connectivity index (χ2v) is 5.62. The second-order valence-electron chi connectivity index (χ2n) is 5.62. The third kappa shape index (κ3) is 2.07. The first-order valence-electron chi connectivity index (χ1n) is 6.81. The van der Waals surface area contributed by atoms with Gasteiger partial charge >= 0.3 is 0 Å². The lowest BCUT2D eigenvalue weighted by atomic mass is 10.1. The van der Waals surface area contributed by atoms with Gasteiger partial charge in [-0.3, -0.25) is 0 Å². The van der Waals surface area contributed by atoms with Gasteiger partial charge in [0.2, 0.25) is 0 Å². The molecule has 3 rings (SSSR count). The SMILES string of the molecule is CC(C)c1nc(-c2ccc(C3CC3)cc2)c(N)n1N. The first-order valence-corrected chi connectivity index (χ1v) is 6.81. The number of anilines is 1. The summed E-state index contributed by atoms with van der Waals surface area (Å²) in [6.07, 6.45) is 2.63. The fourth-order valence-electron chi connectivity index (χ4n) is 2.41. The molecule has 1 saturated carbocycles. The molecule has 4 N–H and O–H groups in total. The first-order chi connectivity index (χ1) is 9.08. The van der Waals surface area contributed by atoms with E-state index < -0.39 is 0 Å². The van der Waals surface area contributed by atoms with E-state index >= 15 is 0 Å². The average Bonchev–Trinajstić information content (AvgIpc) is 3.19.